The molecule has 5 nitrogen and oxygen atoms in total. The number of hydrogen-bond donors (Lipinski definition) is 3. The summed E-state index contributed by atoms with van der Waals surface area (Å²) in [4.78, 5) is 3.94. The van der Waals surface area contributed by atoms with Gasteiger partial charge in [-0.15, -0.1) is 0 Å². The number of nitrogens with zero attached hydrogens (tertiary/aromatic N) is 1. The molecule has 1 heterocycles. The maximum Gasteiger partial charge on any atom is 0.141 e. The van der Waals surface area contributed by atoms with Crippen LogP contribution < -0.4 is 10.5 Å². The van der Waals surface area contributed by atoms with E-state index in [2.05, 4.69) is 4.98 Å². The molecule has 0 atom stereocenters. The van der Waals surface area contributed by atoms with E-state index in [1.54, 1.807) is 24.3 Å². The van der Waals surface area contributed by atoms with Crippen LogP contribution in [-0.2, 0) is 6.61 Å². The molecular formula is C13H13N3O2. The fourth-order valence-corrected chi connectivity index (χ4v) is 1.48. The lowest BCUT2D eigenvalue weighted by atomic mass is 10.2. The first kappa shape index (κ1) is 12.1. The largest absolute Gasteiger partial charge is 0.457 e. The van der Waals surface area contributed by atoms with Gasteiger partial charge in [-0.05, 0) is 12.1 Å². The van der Waals surface area contributed by atoms with Crippen molar-refractivity contribution < 1.29 is 9.84 Å². The molecule has 92 valence electrons. The van der Waals surface area contributed by atoms with E-state index >= 15 is 0 Å². The molecule has 0 unspecified atom stereocenters. The Kier molecular flexibility index (Phi) is 3.54. The number of benzene rings is 1. The number of nitrogens with two attached hydrogens (primary N) is 1. The number of aromatic nitrogens is 1. The summed E-state index contributed by atoms with van der Waals surface area (Å²) in [5, 5.41) is 16.5. The number of hydrogen-bond acceptors (Lipinski definition) is 4. The minimum absolute atomic E-state index is 0.0964. The monoisotopic (exact) mass is 243 g/mol. The first-order chi connectivity index (χ1) is 8.70. The van der Waals surface area contributed by atoms with Gasteiger partial charge in [-0.1, -0.05) is 18.2 Å². The quantitative estimate of drug-likeness (QED) is 0.562. The van der Waals surface area contributed by atoms with E-state index in [-0.39, 0.29) is 12.4 Å². The second-order valence-corrected chi connectivity index (χ2v) is 3.66. The predicted octanol–water partition coefficient (Wildman–Crippen LogP) is 1.65. The van der Waals surface area contributed by atoms with Gasteiger partial charge >= 0.3 is 0 Å². The molecule has 0 amide bonds. The Balaban J connectivity index is 2.28. The third-order valence-electron chi connectivity index (χ3n) is 2.38. The molecule has 5 heteroatoms. The van der Waals surface area contributed by atoms with E-state index < -0.39 is 0 Å². The van der Waals surface area contributed by atoms with Crippen molar-refractivity contribution in [3.05, 3.63) is 53.9 Å². The molecule has 2 aromatic rings. The van der Waals surface area contributed by atoms with Crippen LogP contribution in [0, 0.1) is 5.41 Å². The van der Waals surface area contributed by atoms with Gasteiger partial charge in [0.15, 0.2) is 0 Å². The minimum Gasteiger partial charge on any atom is -0.457 e. The Morgan fingerprint density at radius 3 is 2.83 bits per heavy atom. The zero-order valence-corrected chi connectivity index (χ0v) is 9.63. The van der Waals surface area contributed by atoms with Crippen molar-refractivity contribution >= 4 is 5.84 Å². The number of pyridine rings is 1. The molecule has 18 heavy (non-hydrogen) atoms. The predicted molar refractivity (Wildman–Crippen MR) is 67.7 cm³/mol. The second kappa shape index (κ2) is 5.29. The van der Waals surface area contributed by atoms with E-state index in [4.69, 9.17) is 15.9 Å². The van der Waals surface area contributed by atoms with Crippen LogP contribution in [0.4, 0.5) is 0 Å². The summed E-state index contributed by atoms with van der Waals surface area (Å²) >= 11 is 0. The van der Waals surface area contributed by atoms with Gasteiger partial charge in [0.2, 0.25) is 0 Å². The van der Waals surface area contributed by atoms with Crippen molar-refractivity contribution in [2.75, 3.05) is 0 Å². The number of rotatable bonds is 4. The highest BCUT2D eigenvalue weighted by molar-refractivity contribution is 5.93. The molecular weight excluding hydrogens is 230 g/mol. The molecule has 0 bridgehead atoms. The third-order valence-corrected chi connectivity index (χ3v) is 2.38. The van der Waals surface area contributed by atoms with Crippen molar-refractivity contribution in [2.45, 2.75) is 6.61 Å². The van der Waals surface area contributed by atoms with Crippen molar-refractivity contribution in [1.82, 2.24) is 4.98 Å². The first-order valence-corrected chi connectivity index (χ1v) is 5.38. The van der Waals surface area contributed by atoms with Gasteiger partial charge < -0.3 is 15.6 Å². The van der Waals surface area contributed by atoms with Crippen molar-refractivity contribution in [1.29, 1.82) is 5.41 Å². The molecule has 2 rings (SSSR count). The summed E-state index contributed by atoms with van der Waals surface area (Å²) in [6.45, 7) is -0.0964. The molecule has 0 aliphatic carbocycles. The fourth-order valence-electron chi connectivity index (χ4n) is 1.48. The normalized spacial score (nSPS) is 10.1. The number of nitrogens with one attached hydrogen (secondary N) is 1. The zero-order valence-electron chi connectivity index (χ0n) is 9.63. The highest BCUT2D eigenvalue weighted by atomic mass is 16.5. The van der Waals surface area contributed by atoms with Crippen molar-refractivity contribution in [3.8, 4) is 11.5 Å². The van der Waals surface area contributed by atoms with Crippen LogP contribution in [0.15, 0.2) is 42.6 Å². The number of aliphatic hydroxyl groups excluding tert-OH is 1. The number of amidine groups is 1. The lowest BCUT2D eigenvalue weighted by Gasteiger charge is -2.09. The van der Waals surface area contributed by atoms with E-state index in [1.165, 1.54) is 6.20 Å². The summed E-state index contributed by atoms with van der Waals surface area (Å²) in [5.74, 6) is 0.979. The molecule has 0 aliphatic rings. The summed E-state index contributed by atoms with van der Waals surface area (Å²) < 4.78 is 5.64. The standard InChI is InChI=1S/C13H13N3O2/c14-13(15)11-7-10(5-6-16-11)18-12-4-2-1-3-9(12)8-17/h1-7,17H,8H2,(H3,14,15). The molecule has 0 saturated carbocycles. The Labute approximate surface area is 104 Å². The first-order valence-electron chi connectivity index (χ1n) is 5.38. The van der Waals surface area contributed by atoms with Gasteiger partial charge in [0.25, 0.3) is 0 Å². The molecule has 1 aromatic carbocycles. The molecule has 0 aliphatic heterocycles. The summed E-state index contributed by atoms with van der Waals surface area (Å²) in [6, 6.07) is 10.4. The van der Waals surface area contributed by atoms with E-state index in [9.17, 15) is 5.11 Å². The van der Waals surface area contributed by atoms with Crippen molar-refractivity contribution in [3.63, 3.8) is 0 Å². The second-order valence-electron chi connectivity index (χ2n) is 3.66. The van der Waals surface area contributed by atoms with Gasteiger partial charge in [0, 0.05) is 17.8 Å². The van der Waals surface area contributed by atoms with Crippen LogP contribution in [-0.4, -0.2) is 15.9 Å². The summed E-state index contributed by atoms with van der Waals surface area (Å²) in [6.07, 6.45) is 1.52. The lowest BCUT2D eigenvalue weighted by Crippen LogP contribution is -2.12. The Hall–Kier alpha value is -2.40. The molecule has 1 aromatic heterocycles. The van der Waals surface area contributed by atoms with Crippen LogP contribution in [0.2, 0.25) is 0 Å². The third kappa shape index (κ3) is 2.64. The molecule has 0 fully saturated rings. The van der Waals surface area contributed by atoms with E-state index in [0.29, 0.717) is 22.8 Å². The molecule has 4 N–H and O–H groups in total. The average Bonchev–Trinajstić information content (AvgIpc) is 2.39. The minimum atomic E-state index is -0.115. The van der Waals surface area contributed by atoms with Gasteiger partial charge in [-0.2, -0.15) is 0 Å². The average molecular weight is 243 g/mol. The maximum absolute atomic E-state index is 9.19. The Bertz CT molecular complexity index is 570. The van der Waals surface area contributed by atoms with E-state index in [1.807, 2.05) is 12.1 Å². The highest BCUT2D eigenvalue weighted by Gasteiger charge is 2.05. The van der Waals surface area contributed by atoms with Gasteiger partial charge in [-0.3, -0.25) is 10.4 Å². The van der Waals surface area contributed by atoms with Crippen LogP contribution in [0.5, 0.6) is 11.5 Å². The van der Waals surface area contributed by atoms with Crippen LogP contribution in [0.25, 0.3) is 0 Å². The molecule has 0 spiro atoms. The van der Waals surface area contributed by atoms with Gasteiger partial charge in [0.05, 0.1) is 6.61 Å². The van der Waals surface area contributed by atoms with Gasteiger partial charge in [0.1, 0.15) is 23.0 Å². The zero-order chi connectivity index (χ0) is 13.0. The number of aliphatic hydroxyl groups is 1. The highest BCUT2D eigenvalue weighted by Crippen LogP contribution is 2.25. The maximum atomic E-state index is 9.19. The van der Waals surface area contributed by atoms with Gasteiger partial charge in [-0.25, -0.2) is 0 Å². The van der Waals surface area contributed by atoms with E-state index in [0.717, 1.165) is 0 Å². The number of para-hydroxylation sites is 1. The van der Waals surface area contributed by atoms with Crippen LogP contribution >= 0.6 is 0 Å². The Morgan fingerprint density at radius 1 is 1.33 bits per heavy atom. The molecule has 0 radical (unpaired) electrons. The topological polar surface area (TPSA) is 92.2 Å². The molecule has 0 saturated heterocycles. The summed E-state index contributed by atoms with van der Waals surface area (Å²) in [7, 11) is 0. The lowest BCUT2D eigenvalue weighted by molar-refractivity contribution is 0.276. The number of ether oxygens (including phenoxy) is 1. The van der Waals surface area contributed by atoms with Crippen LogP contribution in [0.3, 0.4) is 0 Å². The Morgan fingerprint density at radius 2 is 2.11 bits per heavy atom. The SMILES string of the molecule is N=C(N)c1cc(Oc2ccccc2CO)ccn1. The summed E-state index contributed by atoms with van der Waals surface area (Å²) in [5.41, 5.74) is 6.41. The number of nitrogen functional groups attached to an aromatic ring is 1. The van der Waals surface area contributed by atoms with Crippen LogP contribution in [0.1, 0.15) is 11.3 Å². The smallest absolute Gasteiger partial charge is 0.141 e. The fraction of sp³-hybridized carbons (Fsp3) is 0.0769. The van der Waals surface area contributed by atoms with Crippen molar-refractivity contribution in [2.24, 2.45) is 5.73 Å².